The molecule has 0 unspecified atom stereocenters. The maximum Gasteiger partial charge on any atom is 0.262 e. The molecule has 0 atom stereocenters. The van der Waals surface area contributed by atoms with Gasteiger partial charge in [-0.3, -0.25) is 19.3 Å². The Morgan fingerprint density at radius 2 is 1.65 bits per heavy atom. The van der Waals surface area contributed by atoms with Crippen LogP contribution in [0.4, 0.5) is 5.69 Å². The third-order valence-corrected chi connectivity index (χ3v) is 6.99. The largest absolute Gasteiger partial charge is 0.487 e. The Morgan fingerprint density at radius 3 is 2.35 bits per heavy atom. The summed E-state index contributed by atoms with van der Waals surface area (Å²) in [6.45, 7) is 1.37. The van der Waals surface area contributed by atoms with Crippen LogP contribution in [0.15, 0.2) is 60.7 Å². The van der Waals surface area contributed by atoms with Crippen LogP contribution < -0.4 is 10.1 Å². The second kappa shape index (κ2) is 10.0. The summed E-state index contributed by atoms with van der Waals surface area (Å²) in [5, 5.41) is 4.47. The summed E-state index contributed by atoms with van der Waals surface area (Å²) in [5.41, 5.74) is 2.59. The molecule has 0 saturated heterocycles. The first-order valence-electron chi connectivity index (χ1n) is 11.1. The second-order valence-electron chi connectivity index (χ2n) is 8.36. The maximum absolute atomic E-state index is 12.7. The van der Waals surface area contributed by atoms with Crippen LogP contribution in [0.2, 0.25) is 15.1 Å². The summed E-state index contributed by atoms with van der Waals surface area (Å²) in [4.78, 5) is 43.3. The molecule has 1 N–H and O–H groups in total. The van der Waals surface area contributed by atoms with E-state index in [0.29, 0.717) is 26.9 Å². The van der Waals surface area contributed by atoms with Crippen molar-refractivity contribution in [1.29, 1.82) is 0 Å². The van der Waals surface area contributed by atoms with Gasteiger partial charge in [0.05, 0.1) is 26.9 Å². The van der Waals surface area contributed by atoms with Crippen molar-refractivity contribution in [2.75, 3.05) is 11.9 Å². The summed E-state index contributed by atoms with van der Waals surface area (Å²) in [6, 6.07) is 16.7. The van der Waals surface area contributed by atoms with Crippen LogP contribution in [-0.4, -0.2) is 34.2 Å². The zero-order chi connectivity index (χ0) is 26.3. The highest BCUT2D eigenvalue weighted by Crippen LogP contribution is 2.35. The number of rotatable bonds is 6. The van der Waals surface area contributed by atoms with E-state index in [1.54, 1.807) is 48.5 Å². The fraction of sp³-hybridized carbons (Fsp3) is 0.111. The predicted molar refractivity (Wildman–Crippen MR) is 143 cm³/mol. The lowest BCUT2D eigenvalue weighted by molar-refractivity contribution is -0.116. The average molecular weight is 555 g/mol. The van der Waals surface area contributed by atoms with Crippen molar-refractivity contribution in [3.8, 4) is 5.75 Å². The van der Waals surface area contributed by atoms with E-state index in [0.717, 1.165) is 16.0 Å². The topological polar surface area (TPSA) is 88.6 Å². The summed E-state index contributed by atoms with van der Waals surface area (Å²) in [7, 11) is 0. The number of halogens is 3. The van der Waals surface area contributed by atoms with Crippen molar-refractivity contribution in [1.82, 2.24) is 9.88 Å². The Kier molecular flexibility index (Phi) is 6.77. The predicted octanol–water partition coefficient (Wildman–Crippen LogP) is 6.32. The van der Waals surface area contributed by atoms with Crippen molar-refractivity contribution in [2.45, 2.75) is 13.5 Å². The molecular weight excluding hydrogens is 537 g/mol. The Morgan fingerprint density at radius 1 is 0.946 bits per heavy atom. The quantitative estimate of drug-likeness (QED) is 0.282. The van der Waals surface area contributed by atoms with Gasteiger partial charge in [0.1, 0.15) is 24.4 Å². The van der Waals surface area contributed by atoms with Crippen LogP contribution in [0, 0.1) is 6.92 Å². The highest BCUT2D eigenvalue weighted by Gasteiger charge is 2.36. The number of aromatic nitrogens is 1. The van der Waals surface area contributed by atoms with Crippen molar-refractivity contribution >= 4 is 69.1 Å². The Hall–Kier alpha value is -3.65. The lowest BCUT2D eigenvalue weighted by Gasteiger charge is -2.16. The molecule has 10 heteroatoms. The lowest BCUT2D eigenvalue weighted by Crippen LogP contribution is -2.37. The van der Waals surface area contributed by atoms with Gasteiger partial charge < -0.3 is 10.1 Å². The van der Waals surface area contributed by atoms with Gasteiger partial charge in [-0.2, -0.15) is 0 Å². The minimum Gasteiger partial charge on any atom is -0.487 e. The monoisotopic (exact) mass is 553 g/mol. The summed E-state index contributed by atoms with van der Waals surface area (Å²) < 4.78 is 6.01. The highest BCUT2D eigenvalue weighted by atomic mass is 35.5. The smallest absolute Gasteiger partial charge is 0.262 e. The number of nitrogens with zero attached hydrogens (tertiary/aromatic N) is 2. The molecule has 0 saturated carbocycles. The minimum atomic E-state index is -0.589. The van der Waals surface area contributed by atoms with Gasteiger partial charge in [-0.15, -0.1) is 0 Å². The van der Waals surface area contributed by atoms with Crippen LogP contribution in [0.25, 0.3) is 10.9 Å². The molecule has 1 aliphatic heterocycles. The molecular formula is C27H18Cl3N3O4. The summed E-state index contributed by atoms with van der Waals surface area (Å²) >= 11 is 19.3. The van der Waals surface area contributed by atoms with Gasteiger partial charge in [0.2, 0.25) is 5.91 Å². The Bertz CT molecular complexity index is 1570. The molecule has 3 aromatic carbocycles. The second-order valence-corrected chi connectivity index (χ2v) is 9.56. The Labute approximate surface area is 226 Å². The van der Waals surface area contributed by atoms with E-state index >= 15 is 0 Å². The molecule has 186 valence electrons. The normalized spacial score (nSPS) is 12.7. The molecule has 0 spiro atoms. The van der Waals surface area contributed by atoms with Gasteiger partial charge in [0.25, 0.3) is 11.8 Å². The molecule has 0 fully saturated rings. The fourth-order valence-corrected chi connectivity index (χ4v) is 4.95. The molecule has 1 aliphatic rings. The molecule has 0 bridgehead atoms. The molecule has 1 aromatic heterocycles. The summed E-state index contributed by atoms with van der Waals surface area (Å²) in [5.74, 6) is -1.14. The van der Waals surface area contributed by atoms with Gasteiger partial charge in [0, 0.05) is 21.7 Å². The number of hydrogen-bond acceptors (Lipinski definition) is 5. The number of para-hydroxylation sites is 1. The van der Waals surface area contributed by atoms with Crippen LogP contribution >= 0.6 is 34.8 Å². The number of anilines is 1. The molecule has 2 heterocycles. The highest BCUT2D eigenvalue weighted by molar-refractivity contribution is 6.38. The van der Waals surface area contributed by atoms with Gasteiger partial charge in [-0.05, 0) is 43.3 Å². The average Bonchev–Trinajstić information content (AvgIpc) is 3.11. The van der Waals surface area contributed by atoms with Crippen molar-refractivity contribution in [3.05, 3.63) is 98.1 Å². The van der Waals surface area contributed by atoms with Crippen LogP contribution in [-0.2, 0) is 11.4 Å². The third kappa shape index (κ3) is 4.73. The number of imide groups is 1. The molecule has 4 aromatic rings. The van der Waals surface area contributed by atoms with Crippen LogP contribution in [0.3, 0.4) is 0 Å². The third-order valence-electron chi connectivity index (χ3n) is 5.89. The number of pyridine rings is 1. The Balaban J connectivity index is 1.33. The van der Waals surface area contributed by atoms with Gasteiger partial charge in [-0.25, -0.2) is 4.98 Å². The van der Waals surface area contributed by atoms with Gasteiger partial charge in [0.15, 0.2) is 0 Å². The van der Waals surface area contributed by atoms with E-state index in [1.807, 2.05) is 13.0 Å². The van der Waals surface area contributed by atoms with Gasteiger partial charge >= 0.3 is 0 Å². The number of ether oxygens (including phenoxy) is 1. The number of amides is 3. The fourth-order valence-electron chi connectivity index (χ4n) is 4.11. The van der Waals surface area contributed by atoms with Crippen molar-refractivity contribution in [2.24, 2.45) is 0 Å². The SMILES string of the molecule is Cc1cc(Cl)c2cccc(OCc3c(Cl)ccc(NC(=O)CN4C(=O)c5ccccc5C4=O)c3Cl)c2n1. The van der Waals surface area contributed by atoms with E-state index in [2.05, 4.69) is 10.3 Å². The van der Waals surface area contributed by atoms with E-state index < -0.39 is 24.3 Å². The standard InChI is InChI=1S/C27H18Cl3N3O4/c1-14-11-20(29)17-7-4-8-22(25(17)31-14)37-13-18-19(28)9-10-21(24(18)30)32-23(34)12-33-26(35)15-5-2-3-6-16(15)27(33)36/h2-11H,12-13H2,1H3,(H,32,34). The number of fused-ring (bicyclic) bond motifs is 2. The molecule has 7 nitrogen and oxygen atoms in total. The lowest BCUT2D eigenvalue weighted by atomic mass is 10.1. The van der Waals surface area contributed by atoms with Crippen molar-refractivity contribution < 1.29 is 19.1 Å². The van der Waals surface area contributed by atoms with Crippen molar-refractivity contribution in [3.63, 3.8) is 0 Å². The number of hydrogen-bond donors (Lipinski definition) is 1. The first-order valence-corrected chi connectivity index (χ1v) is 12.3. The zero-order valence-electron chi connectivity index (χ0n) is 19.3. The number of carbonyl (C=O) groups excluding carboxylic acids is 3. The first-order chi connectivity index (χ1) is 17.7. The number of nitrogens with one attached hydrogen (secondary N) is 1. The van der Waals surface area contributed by atoms with E-state index in [-0.39, 0.29) is 28.4 Å². The number of carbonyl (C=O) groups is 3. The number of benzene rings is 3. The van der Waals surface area contributed by atoms with E-state index in [4.69, 9.17) is 39.5 Å². The molecule has 0 radical (unpaired) electrons. The zero-order valence-corrected chi connectivity index (χ0v) is 21.6. The molecule has 37 heavy (non-hydrogen) atoms. The summed E-state index contributed by atoms with van der Waals surface area (Å²) in [6.07, 6.45) is 0. The van der Waals surface area contributed by atoms with E-state index in [9.17, 15) is 14.4 Å². The minimum absolute atomic E-state index is 0.00780. The molecule has 5 rings (SSSR count). The maximum atomic E-state index is 12.7. The van der Waals surface area contributed by atoms with Crippen LogP contribution in [0.1, 0.15) is 32.0 Å². The van der Waals surface area contributed by atoms with Gasteiger partial charge in [-0.1, -0.05) is 59.1 Å². The first kappa shape index (κ1) is 25.0. The van der Waals surface area contributed by atoms with Crippen LogP contribution in [0.5, 0.6) is 5.75 Å². The number of aryl methyl sites for hydroxylation is 1. The van der Waals surface area contributed by atoms with E-state index in [1.165, 1.54) is 6.07 Å². The molecule has 0 aliphatic carbocycles. The molecule has 3 amide bonds.